The molecule has 7 heteroatoms. The van der Waals surface area contributed by atoms with Gasteiger partial charge in [-0.3, -0.25) is 0 Å². The second-order valence-corrected chi connectivity index (χ2v) is 7.46. The first-order valence-corrected chi connectivity index (χ1v) is 10.0. The van der Waals surface area contributed by atoms with Crippen molar-refractivity contribution in [2.45, 2.75) is 25.4 Å². The molecule has 2 heterocycles. The molecule has 4 nitrogen and oxygen atoms in total. The van der Waals surface area contributed by atoms with E-state index in [1.165, 1.54) is 12.1 Å². The molecule has 1 aromatic heterocycles. The van der Waals surface area contributed by atoms with Gasteiger partial charge in [-0.25, -0.2) is 9.37 Å². The van der Waals surface area contributed by atoms with Crippen molar-refractivity contribution in [3.63, 3.8) is 0 Å². The number of benzene rings is 2. The lowest BCUT2D eigenvalue weighted by Crippen LogP contribution is -2.40. The number of piperidine rings is 1. The van der Waals surface area contributed by atoms with Gasteiger partial charge in [-0.2, -0.15) is 0 Å². The van der Waals surface area contributed by atoms with Gasteiger partial charge in [-0.05, 0) is 42.7 Å². The standard InChI is InChI=1S/C21H24ClFN4.ClH/c22-11-14-26-12-9-18(10-13-26)24-21-25-19-3-1-2-4-20(19)27(21)15-16-5-7-17(23)8-6-16;/h1-8,18H,9-15H2,(H,24,25);1H. The predicted octanol–water partition coefficient (Wildman–Crippen LogP) is 4.76. The lowest BCUT2D eigenvalue weighted by molar-refractivity contribution is 0.230. The van der Waals surface area contributed by atoms with Crippen molar-refractivity contribution in [3.8, 4) is 0 Å². The van der Waals surface area contributed by atoms with E-state index in [9.17, 15) is 4.39 Å². The van der Waals surface area contributed by atoms with Gasteiger partial charge in [0, 0.05) is 31.6 Å². The lowest BCUT2D eigenvalue weighted by Gasteiger charge is -2.32. The average molecular weight is 423 g/mol. The molecule has 0 radical (unpaired) electrons. The molecular formula is C21H25Cl2FN4. The van der Waals surface area contributed by atoms with Crippen molar-refractivity contribution in [1.82, 2.24) is 14.5 Å². The zero-order chi connectivity index (χ0) is 18.6. The summed E-state index contributed by atoms with van der Waals surface area (Å²) in [5.74, 6) is 1.36. The molecule has 1 saturated heterocycles. The Balaban J connectivity index is 0.00000225. The van der Waals surface area contributed by atoms with Crippen LogP contribution in [0.15, 0.2) is 48.5 Å². The highest BCUT2D eigenvalue weighted by Crippen LogP contribution is 2.24. The molecule has 2 aromatic carbocycles. The molecule has 1 fully saturated rings. The van der Waals surface area contributed by atoms with Crippen molar-refractivity contribution in [2.75, 3.05) is 30.8 Å². The first kappa shape index (κ1) is 20.9. The van der Waals surface area contributed by atoms with Crippen LogP contribution in [0, 0.1) is 5.82 Å². The Morgan fingerprint density at radius 3 is 2.50 bits per heavy atom. The molecule has 0 amide bonds. The van der Waals surface area contributed by atoms with Gasteiger partial charge in [0.15, 0.2) is 0 Å². The number of aromatic nitrogens is 2. The third-order valence-electron chi connectivity index (χ3n) is 5.23. The number of likely N-dealkylation sites (tertiary alicyclic amines) is 1. The van der Waals surface area contributed by atoms with Gasteiger partial charge in [-0.1, -0.05) is 24.3 Å². The van der Waals surface area contributed by atoms with E-state index in [1.807, 2.05) is 30.3 Å². The number of anilines is 1. The van der Waals surface area contributed by atoms with Gasteiger partial charge < -0.3 is 14.8 Å². The second kappa shape index (κ2) is 9.59. The summed E-state index contributed by atoms with van der Waals surface area (Å²) in [6.45, 7) is 3.73. The highest BCUT2D eigenvalue weighted by molar-refractivity contribution is 6.18. The van der Waals surface area contributed by atoms with E-state index >= 15 is 0 Å². The van der Waals surface area contributed by atoms with Crippen LogP contribution in [0.25, 0.3) is 11.0 Å². The summed E-state index contributed by atoms with van der Waals surface area (Å²) in [7, 11) is 0. The average Bonchev–Trinajstić information content (AvgIpc) is 3.02. The van der Waals surface area contributed by atoms with Gasteiger partial charge in [0.1, 0.15) is 5.82 Å². The summed E-state index contributed by atoms with van der Waals surface area (Å²) < 4.78 is 15.4. The summed E-state index contributed by atoms with van der Waals surface area (Å²) >= 11 is 5.86. The molecule has 1 N–H and O–H groups in total. The maximum Gasteiger partial charge on any atom is 0.204 e. The minimum Gasteiger partial charge on any atom is -0.353 e. The number of fused-ring (bicyclic) bond motifs is 1. The molecule has 150 valence electrons. The molecule has 0 unspecified atom stereocenters. The van der Waals surface area contributed by atoms with Crippen LogP contribution in [-0.4, -0.2) is 46.0 Å². The molecule has 1 aliphatic rings. The quantitative estimate of drug-likeness (QED) is 0.581. The van der Waals surface area contributed by atoms with Gasteiger partial charge in [0.25, 0.3) is 0 Å². The number of hydrogen-bond donors (Lipinski definition) is 1. The van der Waals surface area contributed by atoms with Crippen molar-refractivity contribution in [1.29, 1.82) is 0 Å². The number of para-hydroxylation sites is 2. The molecule has 0 atom stereocenters. The Bertz CT molecular complexity index is 889. The minimum absolute atomic E-state index is 0. The Kier molecular flexibility index (Phi) is 7.16. The molecule has 0 aliphatic carbocycles. The SMILES string of the molecule is Cl.Fc1ccc(Cn2c(NC3CCN(CCCl)CC3)nc3ccccc32)cc1. The highest BCUT2D eigenvalue weighted by Gasteiger charge is 2.21. The van der Waals surface area contributed by atoms with Crippen LogP contribution in [0.4, 0.5) is 10.3 Å². The van der Waals surface area contributed by atoms with E-state index in [-0.39, 0.29) is 18.2 Å². The number of hydrogen-bond acceptors (Lipinski definition) is 3. The summed E-state index contributed by atoms with van der Waals surface area (Å²) in [5, 5.41) is 3.65. The first-order valence-electron chi connectivity index (χ1n) is 9.47. The van der Waals surface area contributed by atoms with Crippen molar-refractivity contribution >= 4 is 41.0 Å². The number of alkyl halides is 1. The summed E-state index contributed by atoms with van der Waals surface area (Å²) in [6, 6.07) is 15.2. The monoisotopic (exact) mass is 422 g/mol. The van der Waals surface area contributed by atoms with E-state index in [0.717, 1.165) is 55.0 Å². The van der Waals surface area contributed by atoms with Crippen LogP contribution in [0.1, 0.15) is 18.4 Å². The van der Waals surface area contributed by atoms with E-state index < -0.39 is 0 Å². The maximum absolute atomic E-state index is 13.2. The summed E-state index contributed by atoms with van der Waals surface area (Å²) in [5.41, 5.74) is 3.12. The molecular weight excluding hydrogens is 398 g/mol. The summed E-state index contributed by atoms with van der Waals surface area (Å²) in [6.07, 6.45) is 2.16. The van der Waals surface area contributed by atoms with Crippen LogP contribution in [-0.2, 0) is 6.54 Å². The fourth-order valence-electron chi connectivity index (χ4n) is 3.72. The largest absolute Gasteiger partial charge is 0.353 e. The number of imidazole rings is 1. The van der Waals surface area contributed by atoms with Gasteiger partial charge in [0.05, 0.1) is 17.6 Å². The topological polar surface area (TPSA) is 33.1 Å². The zero-order valence-electron chi connectivity index (χ0n) is 15.7. The van der Waals surface area contributed by atoms with Crippen LogP contribution >= 0.6 is 24.0 Å². The normalized spacial score (nSPS) is 15.5. The van der Waals surface area contributed by atoms with E-state index in [1.54, 1.807) is 0 Å². The van der Waals surface area contributed by atoms with Crippen LogP contribution in [0.3, 0.4) is 0 Å². The van der Waals surface area contributed by atoms with Gasteiger partial charge in [0.2, 0.25) is 5.95 Å². The van der Waals surface area contributed by atoms with Crippen molar-refractivity contribution < 1.29 is 4.39 Å². The molecule has 3 aromatic rings. The molecule has 1 aliphatic heterocycles. The lowest BCUT2D eigenvalue weighted by atomic mass is 10.1. The fraction of sp³-hybridized carbons (Fsp3) is 0.381. The molecule has 0 bridgehead atoms. The summed E-state index contributed by atoms with van der Waals surface area (Å²) in [4.78, 5) is 7.23. The van der Waals surface area contributed by atoms with E-state index in [0.29, 0.717) is 18.5 Å². The molecule has 28 heavy (non-hydrogen) atoms. The Hall–Kier alpha value is -1.82. The van der Waals surface area contributed by atoms with Crippen LogP contribution in [0.2, 0.25) is 0 Å². The number of nitrogens with zero attached hydrogens (tertiary/aromatic N) is 3. The molecule has 4 rings (SSSR count). The van der Waals surface area contributed by atoms with Crippen LogP contribution < -0.4 is 5.32 Å². The van der Waals surface area contributed by atoms with Gasteiger partial charge in [-0.15, -0.1) is 24.0 Å². The van der Waals surface area contributed by atoms with Crippen LogP contribution in [0.5, 0.6) is 0 Å². The Morgan fingerprint density at radius 2 is 1.79 bits per heavy atom. The van der Waals surface area contributed by atoms with E-state index in [4.69, 9.17) is 16.6 Å². The second-order valence-electron chi connectivity index (χ2n) is 7.09. The smallest absolute Gasteiger partial charge is 0.204 e. The predicted molar refractivity (Wildman–Crippen MR) is 116 cm³/mol. The maximum atomic E-state index is 13.2. The zero-order valence-corrected chi connectivity index (χ0v) is 17.2. The molecule has 0 saturated carbocycles. The first-order chi connectivity index (χ1) is 13.2. The third kappa shape index (κ3) is 4.77. The highest BCUT2D eigenvalue weighted by atomic mass is 35.5. The third-order valence-corrected chi connectivity index (χ3v) is 5.40. The minimum atomic E-state index is -0.212. The number of nitrogens with one attached hydrogen (secondary N) is 1. The number of halogens is 3. The Labute approximate surface area is 176 Å². The van der Waals surface area contributed by atoms with Crippen molar-refractivity contribution in [3.05, 3.63) is 59.9 Å². The van der Waals surface area contributed by atoms with E-state index in [2.05, 4.69) is 20.9 Å². The fourth-order valence-corrected chi connectivity index (χ4v) is 3.96. The number of rotatable bonds is 6. The Morgan fingerprint density at radius 1 is 1.07 bits per heavy atom. The molecule has 0 spiro atoms. The van der Waals surface area contributed by atoms with Crippen molar-refractivity contribution in [2.24, 2.45) is 0 Å². The van der Waals surface area contributed by atoms with Gasteiger partial charge >= 0.3 is 0 Å².